The Labute approximate surface area is 776 Å². The molecule has 0 spiro atoms. The van der Waals surface area contributed by atoms with Gasteiger partial charge in [-0.05, 0) is 263 Å². The van der Waals surface area contributed by atoms with Crippen molar-refractivity contribution in [2.24, 2.45) is 0 Å². The van der Waals surface area contributed by atoms with Crippen LogP contribution in [0, 0.1) is 49.0 Å². The number of nitrogens with zero attached hydrogens (tertiary/aromatic N) is 9. The molecule has 0 saturated carbocycles. The Bertz CT molecular complexity index is 9540. The Morgan fingerprint density at radius 1 is 0.237 bits per heavy atom. The summed E-state index contributed by atoms with van der Waals surface area (Å²) in [6.07, 6.45) is 0. The molecule has 0 saturated heterocycles. The van der Waals surface area contributed by atoms with Gasteiger partial charge in [-0.3, -0.25) is 0 Å². The lowest BCUT2D eigenvalue weighted by molar-refractivity contribution is 0.647. The van der Waals surface area contributed by atoms with Crippen molar-refractivity contribution in [3.63, 3.8) is 0 Å². The van der Waals surface area contributed by atoms with Crippen LogP contribution in [0.5, 0.6) is 0 Å². The second-order valence-corrected chi connectivity index (χ2v) is 37.1. The van der Waals surface area contributed by atoms with E-state index in [1.54, 1.807) is 0 Å². The molecule has 630 valence electrons. The Morgan fingerprint density at radius 3 is 1.01 bits per heavy atom. The lowest BCUT2D eigenvalue weighted by Crippen LogP contribution is -2.14. The van der Waals surface area contributed by atoms with E-state index in [-0.39, 0.29) is 16.2 Å². The first-order chi connectivity index (χ1) is 65.9. The van der Waals surface area contributed by atoms with Crippen molar-refractivity contribution in [1.82, 2.24) is 13.7 Å². The Hall–Kier alpha value is -18.3. The van der Waals surface area contributed by atoms with E-state index in [2.05, 4.69) is 287 Å². The molecule has 12 nitrogen and oxygen atoms in total. The molecule has 0 fully saturated rings. The third kappa shape index (κ3) is 11.7. The maximum absolute atomic E-state index is 10.4. The average Bonchev–Trinajstić information content (AvgIpc) is 1.25. The molecule has 0 bridgehead atoms. The zero-order valence-electron chi connectivity index (χ0n) is 74.2. The quantitative estimate of drug-likeness (QED) is 0.154. The summed E-state index contributed by atoms with van der Waals surface area (Å²) in [6.45, 7) is 44.3. The summed E-state index contributed by atoms with van der Waals surface area (Å²) in [7, 11) is 0. The van der Waals surface area contributed by atoms with Gasteiger partial charge in [0.05, 0.1) is 93.6 Å². The molecule has 3 aliphatic rings. The lowest BCUT2D eigenvalue weighted by atomic mass is 9.82. The maximum atomic E-state index is 10.4. The Morgan fingerprint density at radius 2 is 0.585 bits per heavy atom. The van der Waals surface area contributed by atoms with Gasteiger partial charge in [-0.1, -0.05) is 230 Å². The van der Waals surface area contributed by atoms with Crippen LogP contribution in [0.15, 0.2) is 359 Å². The summed E-state index contributed by atoms with van der Waals surface area (Å²) in [5, 5.41) is 33.0. The first-order valence-electron chi connectivity index (χ1n) is 45.0. The number of furan rings is 3. The van der Waals surface area contributed by atoms with Crippen molar-refractivity contribution < 1.29 is 13.3 Å². The second kappa shape index (κ2) is 29.4. The molecule has 135 heavy (non-hydrogen) atoms. The predicted octanol–water partition coefficient (Wildman–Crippen LogP) is 33.9. The third-order valence-corrected chi connectivity index (χ3v) is 28.9. The van der Waals surface area contributed by atoms with Gasteiger partial charge in [-0.25, -0.2) is 19.4 Å². The number of para-hydroxylation sites is 4. The van der Waals surface area contributed by atoms with E-state index in [1.807, 2.05) is 146 Å². The highest BCUT2D eigenvalue weighted by Crippen LogP contribution is 2.56. The molecule has 18 aromatic carbocycles. The molecule has 24 aromatic rings. The highest BCUT2D eigenvalue weighted by atomic mass is 16.3. The molecule has 0 aliphatic heterocycles. The number of hydrogen-bond acceptors (Lipinski definition) is 5. The fraction of sp³-hybridized carbons (Fsp3) is 0.0732. The van der Waals surface area contributed by atoms with Crippen LogP contribution in [-0.2, 0) is 16.2 Å². The monoisotopic (exact) mass is 1730 g/mol. The largest absolute Gasteiger partial charge is 0.456 e. The molecule has 3 aliphatic carbocycles. The van der Waals surface area contributed by atoms with Gasteiger partial charge < -0.3 is 27.0 Å². The smallest absolute Gasteiger partial charge is 0.188 e. The summed E-state index contributed by atoms with van der Waals surface area (Å²) < 4.78 is 26.0. The molecule has 27 rings (SSSR count). The number of nitriles is 2. The highest BCUT2D eigenvalue weighted by Gasteiger charge is 2.40. The summed E-state index contributed by atoms with van der Waals surface area (Å²) in [4.78, 5) is 14.8. The van der Waals surface area contributed by atoms with Crippen LogP contribution in [-0.4, -0.2) is 13.7 Å². The van der Waals surface area contributed by atoms with Crippen LogP contribution in [0.2, 0.25) is 0 Å². The van der Waals surface area contributed by atoms with Gasteiger partial charge in [0.15, 0.2) is 22.7 Å². The third-order valence-electron chi connectivity index (χ3n) is 28.9. The molecule has 6 aromatic heterocycles. The minimum Gasteiger partial charge on any atom is -0.456 e. The maximum Gasteiger partial charge on any atom is 0.188 e. The zero-order valence-corrected chi connectivity index (χ0v) is 74.2. The van der Waals surface area contributed by atoms with E-state index < -0.39 is 0 Å². The van der Waals surface area contributed by atoms with Crippen LogP contribution in [0.25, 0.3) is 234 Å². The van der Waals surface area contributed by atoms with Gasteiger partial charge in [-0.15, -0.1) is 0 Å². The van der Waals surface area contributed by atoms with Crippen LogP contribution >= 0.6 is 0 Å². The summed E-state index contributed by atoms with van der Waals surface area (Å²) in [6, 6.07) is 123. The normalized spacial score (nSPS) is 13.2. The number of benzene rings is 18. The lowest BCUT2D eigenvalue weighted by Gasteiger charge is -2.21. The van der Waals surface area contributed by atoms with Gasteiger partial charge in [0.1, 0.15) is 39.6 Å². The minimum absolute atomic E-state index is 0.0977. The average molecular weight is 1730 g/mol. The molecule has 12 heteroatoms. The molecular formula is C123H75N9O3. The van der Waals surface area contributed by atoms with Crippen LogP contribution < -0.4 is 0 Å². The van der Waals surface area contributed by atoms with Gasteiger partial charge in [0, 0.05) is 75.8 Å². The second-order valence-electron chi connectivity index (χ2n) is 37.1. The summed E-state index contributed by atoms with van der Waals surface area (Å²) in [5.74, 6) is 0. The SMILES string of the molecule is [C-]#[N+]c1ccc(-n2c3ccccc3c3cc([N+]#[C-])ccc32)c(-c2ccc3oc4cc5c(cc4c3c2)-c2ccccc2C5(C)C)c1.[C-]#[N+]c1ccc2c(c1)c1ccccc1n2-c1c(C#N)cccc1-c1ccc2oc3cc4c(cc3c2c1)-c1ccccc1C4(C)C.[C-]#[N+]c1ccc2c(c1)c1ccccc1n2-c1cc(C#N)ccc1-c1ccc2oc3cc4c(cc3c2c1)-c1ccccc1C4(C)C. The molecular weight excluding hydrogens is 1650 g/mol. The standard InChI is InChI=1S/3C41H25N3O/c1-41(2)34-11-7-5-9-27(34)30-22-33-32-19-24(13-18-39(32)45-40(33)23-35(30)41)29-20-25(42-3)14-16-37(29)44-36-12-8-6-10-28(36)31-21-26(43-4)15-17-38(31)44;1-41(2)34-13-6-4-10-28(34)30-21-33-32-19-24(15-18-38(32)45-39(33)22-35(30)41)27-12-8-9-25(23-42)40(27)44-36-14-7-5-11-29(36)31-20-26(43-3)16-17-37(31)44;1-41(2)34-10-6-4-8-28(34)30-21-33-32-19-25(13-17-39(32)45-40(33)22-35(30)41)27-15-12-24(23-42)18-38(27)44-36-11-7-5-9-29(36)31-20-26(43-3)14-16-37(31)44/h5-23H,1-2H3;2*4-22H,1-2H3. The van der Waals surface area contributed by atoms with E-state index in [4.69, 9.17) is 39.5 Å². The zero-order chi connectivity index (χ0) is 91.3. The van der Waals surface area contributed by atoms with Crippen molar-refractivity contribution in [2.45, 2.75) is 57.8 Å². The first-order valence-corrected chi connectivity index (χ1v) is 45.0. The molecule has 0 radical (unpaired) electrons. The number of hydrogen-bond donors (Lipinski definition) is 0. The van der Waals surface area contributed by atoms with Crippen molar-refractivity contribution in [1.29, 1.82) is 10.5 Å². The molecule has 6 heterocycles. The summed E-state index contributed by atoms with van der Waals surface area (Å²) in [5.41, 5.74) is 38.7. The Balaban J connectivity index is 0.000000108. The van der Waals surface area contributed by atoms with E-state index in [1.165, 1.54) is 66.8 Å². The van der Waals surface area contributed by atoms with Crippen molar-refractivity contribution >= 4 is 154 Å². The van der Waals surface area contributed by atoms with Crippen molar-refractivity contribution in [3.05, 3.63) is 436 Å². The molecule has 0 unspecified atom stereocenters. The van der Waals surface area contributed by atoms with Gasteiger partial charge >= 0.3 is 0 Å². The Kier molecular flexibility index (Phi) is 17.2. The summed E-state index contributed by atoms with van der Waals surface area (Å²) >= 11 is 0. The number of fused-ring (bicyclic) bond motifs is 27. The molecule has 0 amide bonds. The fourth-order valence-electron chi connectivity index (χ4n) is 22.4. The van der Waals surface area contributed by atoms with Crippen LogP contribution in [0.3, 0.4) is 0 Å². The van der Waals surface area contributed by atoms with Crippen LogP contribution in [0.1, 0.15) is 86.1 Å². The van der Waals surface area contributed by atoms with Crippen molar-refractivity contribution in [2.75, 3.05) is 0 Å². The van der Waals surface area contributed by atoms with E-state index in [0.29, 0.717) is 33.9 Å². The van der Waals surface area contributed by atoms with E-state index in [9.17, 15) is 10.5 Å². The fourth-order valence-corrected chi connectivity index (χ4v) is 22.4. The predicted molar refractivity (Wildman–Crippen MR) is 548 cm³/mol. The molecule has 0 atom stereocenters. The van der Waals surface area contributed by atoms with Crippen LogP contribution in [0.4, 0.5) is 22.7 Å². The van der Waals surface area contributed by atoms with Crippen molar-refractivity contribution in [3.8, 4) is 96.0 Å². The first kappa shape index (κ1) is 78.9. The minimum atomic E-state index is -0.102. The van der Waals surface area contributed by atoms with Gasteiger partial charge in [0.2, 0.25) is 0 Å². The van der Waals surface area contributed by atoms with Gasteiger partial charge in [-0.2, -0.15) is 10.5 Å². The topological polar surface area (TPSA) is 119 Å². The van der Waals surface area contributed by atoms with Gasteiger partial charge in [0.25, 0.3) is 0 Å². The van der Waals surface area contributed by atoms with E-state index >= 15 is 0 Å². The number of aromatic nitrogens is 3. The highest BCUT2D eigenvalue weighted by molar-refractivity contribution is 6.17. The number of rotatable bonds is 6. The molecule has 0 N–H and O–H groups in total. The van der Waals surface area contributed by atoms with E-state index in [0.717, 1.165) is 182 Å².